The van der Waals surface area contributed by atoms with Gasteiger partial charge in [-0.25, -0.2) is 4.90 Å². The topological polar surface area (TPSA) is 82.7 Å². The van der Waals surface area contributed by atoms with Crippen LogP contribution in [0, 0.1) is 0 Å². The van der Waals surface area contributed by atoms with Crippen molar-refractivity contribution in [3.8, 4) is 5.75 Å². The van der Waals surface area contributed by atoms with E-state index in [0.717, 1.165) is 28.8 Å². The summed E-state index contributed by atoms with van der Waals surface area (Å²) in [6.45, 7) is 2.78. The molecule has 1 saturated heterocycles. The second kappa shape index (κ2) is 7.35. The molecule has 2 aromatic carbocycles. The predicted molar refractivity (Wildman–Crippen MR) is 116 cm³/mol. The Morgan fingerprint density at radius 3 is 2.61 bits per heavy atom. The smallest absolute Gasteiger partial charge is 0.251 e. The molecule has 7 heteroatoms. The van der Waals surface area contributed by atoms with Crippen LogP contribution in [0.4, 0.5) is 5.69 Å². The number of ketones is 1. The van der Waals surface area contributed by atoms with Gasteiger partial charge in [-0.1, -0.05) is 0 Å². The molecule has 7 nitrogen and oxygen atoms in total. The minimum absolute atomic E-state index is 0.0522. The van der Waals surface area contributed by atoms with E-state index in [9.17, 15) is 14.4 Å². The van der Waals surface area contributed by atoms with Gasteiger partial charge < -0.3 is 9.72 Å². The van der Waals surface area contributed by atoms with Crippen molar-refractivity contribution in [3.05, 3.63) is 59.3 Å². The third-order valence-electron chi connectivity index (χ3n) is 6.31. The molecule has 3 aromatic rings. The van der Waals surface area contributed by atoms with Crippen LogP contribution in [0.2, 0.25) is 0 Å². The van der Waals surface area contributed by atoms with Crippen molar-refractivity contribution >= 4 is 34.2 Å². The van der Waals surface area contributed by atoms with Crippen LogP contribution in [0.25, 0.3) is 10.9 Å². The lowest BCUT2D eigenvalue weighted by molar-refractivity contribution is -0.123. The van der Waals surface area contributed by atoms with Crippen LogP contribution in [0.3, 0.4) is 0 Å². The van der Waals surface area contributed by atoms with Gasteiger partial charge in [0.05, 0.1) is 25.3 Å². The number of ether oxygens (including phenoxy) is 1. The lowest BCUT2D eigenvalue weighted by Gasteiger charge is -2.30. The lowest BCUT2D eigenvalue weighted by Crippen LogP contribution is -2.44. The number of amides is 2. The van der Waals surface area contributed by atoms with Gasteiger partial charge in [0, 0.05) is 35.2 Å². The second-order valence-corrected chi connectivity index (χ2v) is 8.10. The van der Waals surface area contributed by atoms with Crippen molar-refractivity contribution in [2.24, 2.45) is 0 Å². The molecule has 1 N–H and O–H groups in total. The fraction of sp³-hybridized carbons (Fsp3) is 0.292. The van der Waals surface area contributed by atoms with Gasteiger partial charge in [-0.2, -0.15) is 0 Å². The number of fused-ring (bicyclic) bond motifs is 3. The number of nitrogens with one attached hydrogen (secondary N) is 1. The van der Waals surface area contributed by atoms with E-state index in [1.165, 1.54) is 17.4 Å². The van der Waals surface area contributed by atoms with Gasteiger partial charge in [0.25, 0.3) is 5.91 Å². The standard InChI is InChI=1S/C24H23N3O4/c1-14(28)15-3-5-16(6-4-15)27-23(29)12-22(24(27)30)26-10-9-18-19-11-17(31-2)7-8-20(19)25-21(18)13-26/h3-8,11,22,25H,9-10,12-13H2,1-2H3. The van der Waals surface area contributed by atoms with Gasteiger partial charge in [0.1, 0.15) is 5.75 Å². The molecule has 1 unspecified atom stereocenters. The van der Waals surface area contributed by atoms with Crippen LogP contribution in [-0.2, 0) is 22.6 Å². The molecule has 0 aliphatic carbocycles. The number of carbonyl (C=O) groups is 3. The van der Waals surface area contributed by atoms with Crippen molar-refractivity contribution in [2.75, 3.05) is 18.6 Å². The Hall–Kier alpha value is -3.45. The molecule has 0 radical (unpaired) electrons. The quantitative estimate of drug-likeness (QED) is 0.521. The number of Topliss-reactive ketones (excluding diaryl/α,β-unsaturated/α-hetero) is 1. The summed E-state index contributed by atoms with van der Waals surface area (Å²) in [7, 11) is 1.66. The van der Waals surface area contributed by atoms with Crippen molar-refractivity contribution < 1.29 is 19.1 Å². The first-order chi connectivity index (χ1) is 15.0. The Bertz CT molecular complexity index is 1210. The molecule has 0 spiro atoms. The summed E-state index contributed by atoms with van der Waals surface area (Å²) < 4.78 is 5.35. The fourth-order valence-corrected chi connectivity index (χ4v) is 4.65. The van der Waals surface area contributed by atoms with Crippen LogP contribution < -0.4 is 9.64 Å². The van der Waals surface area contributed by atoms with Crippen molar-refractivity contribution in [1.82, 2.24) is 9.88 Å². The van der Waals surface area contributed by atoms with E-state index >= 15 is 0 Å². The van der Waals surface area contributed by atoms with Crippen LogP contribution >= 0.6 is 0 Å². The average Bonchev–Trinajstić information content (AvgIpc) is 3.29. The Kier molecular flexibility index (Phi) is 4.63. The highest BCUT2D eigenvalue weighted by Gasteiger charge is 2.43. The minimum Gasteiger partial charge on any atom is -0.497 e. The number of hydrogen-bond acceptors (Lipinski definition) is 5. The number of imide groups is 1. The highest BCUT2D eigenvalue weighted by molar-refractivity contribution is 6.22. The number of anilines is 1. The van der Waals surface area contributed by atoms with E-state index in [2.05, 4.69) is 9.88 Å². The molecule has 158 valence electrons. The predicted octanol–water partition coefficient (Wildman–Crippen LogP) is 3.07. The molecule has 5 rings (SSSR count). The zero-order valence-corrected chi connectivity index (χ0v) is 17.5. The molecule has 0 bridgehead atoms. The molecular weight excluding hydrogens is 394 g/mol. The van der Waals surface area contributed by atoms with Gasteiger partial charge in [-0.15, -0.1) is 0 Å². The first-order valence-electron chi connectivity index (χ1n) is 10.4. The second-order valence-electron chi connectivity index (χ2n) is 8.10. The van der Waals surface area contributed by atoms with Crippen LogP contribution in [0.1, 0.15) is 35.0 Å². The molecule has 1 aromatic heterocycles. The third kappa shape index (κ3) is 3.21. The maximum Gasteiger partial charge on any atom is 0.251 e. The Balaban J connectivity index is 1.38. The molecule has 3 heterocycles. The Morgan fingerprint density at radius 2 is 1.90 bits per heavy atom. The van der Waals surface area contributed by atoms with Crippen LogP contribution in [-0.4, -0.2) is 47.2 Å². The zero-order valence-electron chi connectivity index (χ0n) is 17.5. The Morgan fingerprint density at radius 1 is 1.13 bits per heavy atom. The number of aromatic nitrogens is 1. The number of carbonyl (C=O) groups excluding carboxylic acids is 3. The summed E-state index contributed by atoms with van der Waals surface area (Å²) in [4.78, 5) is 44.2. The van der Waals surface area contributed by atoms with E-state index in [0.29, 0.717) is 24.3 Å². The lowest BCUT2D eigenvalue weighted by atomic mass is 10.0. The highest BCUT2D eigenvalue weighted by atomic mass is 16.5. The van der Waals surface area contributed by atoms with Gasteiger partial charge in [-0.3, -0.25) is 19.3 Å². The normalized spacial score (nSPS) is 19.2. The Labute approximate surface area is 179 Å². The number of hydrogen-bond donors (Lipinski definition) is 1. The van der Waals surface area contributed by atoms with E-state index < -0.39 is 6.04 Å². The summed E-state index contributed by atoms with van der Waals surface area (Å²) in [5.41, 5.74) is 4.45. The van der Waals surface area contributed by atoms with Gasteiger partial charge >= 0.3 is 0 Å². The summed E-state index contributed by atoms with van der Waals surface area (Å²) in [5, 5.41) is 1.15. The number of rotatable bonds is 4. The maximum absolute atomic E-state index is 13.2. The molecule has 2 aliphatic heterocycles. The summed E-state index contributed by atoms with van der Waals surface area (Å²) in [5.74, 6) is 0.350. The number of aromatic amines is 1. The average molecular weight is 417 g/mol. The number of H-pyrrole nitrogens is 1. The SMILES string of the molecule is COc1ccc2[nH]c3c(c2c1)CCN(C1CC(=O)N(c2ccc(C(C)=O)cc2)C1=O)C3. The van der Waals surface area contributed by atoms with Crippen molar-refractivity contribution in [3.63, 3.8) is 0 Å². The summed E-state index contributed by atoms with van der Waals surface area (Å²) >= 11 is 0. The van der Waals surface area contributed by atoms with Crippen LogP contribution in [0.15, 0.2) is 42.5 Å². The highest BCUT2D eigenvalue weighted by Crippen LogP contribution is 2.33. The van der Waals surface area contributed by atoms with E-state index in [1.807, 2.05) is 18.2 Å². The van der Waals surface area contributed by atoms with Crippen LogP contribution in [0.5, 0.6) is 5.75 Å². The van der Waals surface area contributed by atoms with Crippen molar-refractivity contribution in [1.29, 1.82) is 0 Å². The number of nitrogens with zero attached hydrogens (tertiary/aromatic N) is 2. The zero-order chi connectivity index (χ0) is 21.7. The molecule has 1 fully saturated rings. The summed E-state index contributed by atoms with van der Waals surface area (Å²) in [6.07, 6.45) is 0.963. The van der Waals surface area contributed by atoms with E-state index in [4.69, 9.17) is 4.74 Å². The van der Waals surface area contributed by atoms with E-state index in [-0.39, 0.29) is 24.0 Å². The van der Waals surface area contributed by atoms with Gasteiger partial charge in [0.15, 0.2) is 5.78 Å². The number of methoxy groups -OCH3 is 1. The molecular formula is C24H23N3O4. The molecule has 2 amide bonds. The van der Waals surface area contributed by atoms with E-state index in [1.54, 1.807) is 31.4 Å². The largest absolute Gasteiger partial charge is 0.497 e. The molecule has 0 saturated carbocycles. The first-order valence-corrected chi connectivity index (χ1v) is 10.4. The summed E-state index contributed by atoms with van der Waals surface area (Å²) in [6, 6.07) is 12.1. The molecule has 31 heavy (non-hydrogen) atoms. The van der Waals surface area contributed by atoms with Gasteiger partial charge in [0.2, 0.25) is 5.91 Å². The maximum atomic E-state index is 13.2. The van der Waals surface area contributed by atoms with Gasteiger partial charge in [-0.05, 0) is 61.4 Å². The monoisotopic (exact) mass is 417 g/mol. The first kappa shape index (κ1) is 19.5. The third-order valence-corrected chi connectivity index (χ3v) is 6.31. The number of benzene rings is 2. The fourth-order valence-electron chi connectivity index (χ4n) is 4.65. The minimum atomic E-state index is -0.478. The molecule has 1 atom stereocenters. The van der Waals surface area contributed by atoms with Crippen molar-refractivity contribution in [2.45, 2.75) is 32.4 Å². The molecule has 2 aliphatic rings.